The van der Waals surface area contributed by atoms with E-state index in [9.17, 15) is 10.1 Å². The number of nitro groups is 1. The highest BCUT2D eigenvalue weighted by Crippen LogP contribution is 2.30. The number of ether oxygens (including phenoxy) is 1. The van der Waals surface area contributed by atoms with E-state index in [4.69, 9.17) is 20.9 Å². The van der Waals surface area contributed by atoms with Gasteiger partial charge in [0, 0.05) is 17.2 Å². The molecule has 0 radical (unpaired) electrons. The van der Waals surface area contributed by atoms with Crippen molar-refractivity contribution in [2.24, 2.45) is 0 Å². The Morgan fingerprint density at radius 2 is 1.87 bits per heavy atom. The largest absolute Gasteiger partial charge is 0.497 e. The second-order valence-electron chi connectivity index (χ2n) is 4.57. The molecule has 0 aliphatic rings. The smallest absolute Gasteiger partial charge is 0.288 e. The van der Waals surface area contributed by atoms with Crippen LogP contribution < -0.4 is 4.74 Å². The third-order valence-electron chi connectivity index (χ3n) is 3.16. The molecule has 116 valence electrons. The van der Waals surface area contributed by atoms with Gasteiger partial charge in [-0.15, -0.1) is 0 Å². The quantitative estimate of drug-likeness (QED) is 0.530. The number of nitro benzene ring substituents is 1. The Labute approximate surface area is 135 Å². The highest BCUT2D eigenvalue weighted by atomic mass is 35.5. The lowest BCUT2D eigenvalue weighted by molar-refractivity contribution is -0.384. The van der Waals surface area contributed by atoms with Gasteiger partial charge in [-0.25, -0.2) is 0 Å². The van der Waals surface area contributed by atoms with E-state index in [1.54, 1.807) is 37.4 Å². The summed E-state index contributed by atoms with van der Waals surface area (Å²) in [5, 5.41) is 14.9. The first-order chi connectivity index (χ1) is 11.1. The third kappa shape index (κ3) is 3.00. The van der Waals surface area contributed by atoms with Gasteiger partial charge in [-0.05, 0) is 36.4 Å². The van der Waals surface area contributed by atoms with Gasteiger partial charge in [0.05, 0.1) is 12.0 Å². The van der Waals surface area contributed by atoms with Crippen molar-refractivity contribution in [3.05, 3.63) is 57.6 Å². The number of methoxy groups -OCH3 is 1. The van der Waals surface area contributed by atoms with Crippen LogP contribution in [0.15, 0.2) is 47.0 Å². The van der Waals surface area contributed by atoms with Crippen molar-refractivity contribution < 1.29 is 14.2 Å². The summed E-state index contributed by atoms with van der Waals surface area (Å²) in [6, 6.07) is 11.4. The Kier molecular flexibility index (Phi) is 3.94. The summed E-state index contributed by atoms with van der Waals surface area (Å²) in [5.74, 6) is 1.27. The van der Waals surface area contributed by atoms with Crippen LogP contribution in [-0.4, -0.2) is 22.2 Å². The van der Waals surface area contributed by atoms with Gasteiger partial charge in [0.25, 0.3) is 11.6 Å². The molecule has 0 unspecified atom stereocenters. The first-order valence-electron chi connectivity index (χ1n) is 6.51. The average molecular weight is 332 g/mol. The first kappa shape index (κ1) is 15.0. The summed E-state index contributed by atoms with van der Waals surface area (Å²) in [6.07, 6.45) is 0. The Balaban J connectivity index is 1.95. The van der Waals surface area contributed by atoms with Gasteiger partial charge >= 0.3 is 0 Å². The second kappa shape index (κ2) is 6.05. The molecule has 0 N–H and O–H groups in total. The molecule has 7 nitrogen and oxygen atoms in total. The fourth-order valence-corrected chi connectivity index (χ4v) is 2.17. The van der Waals surface area contributed by atoms with E-state index in [2.05, 4.69) is 10.1 Å². The molecule has 23 heavy (non-hydrogen) atoms. The summed E-state index contributed by atoms with van der Waals surface area (Å²) in [5.41, 5.74) is 0.950. The van der Waals surface area contributed by atoms with E-state index >= 15 is 0 Å². The number of halogens is 1. The average Bonchev–Trinajstić information content (AvgIpc) is 3.05. The summed E-state index contributed by atoms with van der Waals surface area (Å²) in [6.45, 7) is 0. The van der Waals surface area contributed by atoms with E-state index in [-0.39, 0.29) is 16.6 Å². The van der Waals surface area contributed by atoms with Gasteiger partial charge in [-0.3, -0.25) is 10.1 Å². The molecule has 0 fully saturated rings. The number of hydrogen-bond donors (Lipinski definition) is 0. The Bertz CT molecular complexity index is 861. The lowest BCUT2D eigenvalue weighted by atomic mass is 10.2. The van der Waals surface area contributed by atoms with Crippen LogP contribution in [0.5, 0.6) is 5.75 Å². The minimum absolute atomic E-state index is 0.0497. The maximum atomic E-state index is 10.9. The molecule has 0 atom stereocenters. The fraction of sp³-hybridized carbons (Fsp3) is 0.0667. The van der Waals surface area contributed by atoms with Crippen LogP contribution in [0.2, 0.25) is 5.02 Å². The van der Waals surface area contributed by atoms with Crippen LogP contribution in [-0.2, 0) is 0 Å². The standard InChI is InChI=1S/C15H10ClN3O4/c1-22-11-5-2-9(3-6-11)14-17-15(23-18-14)10-4-7-12(16)13(8-10)19(20)21/h2-8H,1H3. The zero-order valence-corrected chi connectivity index (χ0v) is 12.6. The molecular weight excluding hydrogens is 322 g/mol. The summed E-state index contributed by atoms with van der Waals surface area (Å²) in [7, 11) is 1.58. The van der Waals surface area contributed by atoms with Crippen LogP contribution >= 0.6 is 11.6 Å². The molecule has 0 spiro atoms. The molecule has 0 bridgehead atoms. The van der Waals surface area contributed by atoms with Gasteiger partial charge in [0.1, 0.15) is 10.8 Å². The summed E-state index contributed by atoms with van der Waals surface area (Å²) in [4.78, 5) is 14.6. The zero-order valence-electron chi connectivity index (χ0n) is 11.9. The van der Waals surface area contributed by atoms with Gasteiger partial charge < -0.3 is 9.26 Å². The number of aromatic nitrogens is 2. The summed E-state index contributed by atoms with van der Waals surface area (Å²) >= 11 is 5.79. The number of hydrogen-bond acceptors (Lipinski definition) is 6. The van der Waals surface area contributed by atoms with Crippen LogP contribution in [0.25, 0.3) is 22.8 Å². The van der Waals surface area contributed by atoms with Crippen LogP contribution in [0.4, 0.5) is 5.69 Å². The zero-order chi connectivity index (χ0) is 16.4. The number of nitrogens with zero attached hydrogens (tertiary/aromatic N) is 3. The van der Waals surface area contributed by atoms with Crippen LogP contribution in [0.3, 0.4) is 0 Å². The molecule has 1 heterocycles. The predicted octanol–water partition coefficient (Wildman–Crippen LogP) is 3.97. The molecule has 0 saturated carbocycles. The minimum Gasteiger partial charge on any atom is -0.497 e. The Morgan fingerprint density at radius 1 is 1.17 bits per heavy atom. The molecule has 0 aliphatic carbocycles. The van der Waals surface area contributed by atoms with Gasteiger partial charge in [0.2, 0.25) is 5.82 Å². The van der Waals surface area contributed by atoms with Crippen LogP contribution in [0, 0.1) is 10.1 Å². The van der Waals surface area contributed by atoms with E-state index < -0.39 is 4.92 Å². The molecule has 3 rings (SSSR count). The first-order valence-corrected chi connectivity index (χ1v) is 6.88. The SMILES string of the molecule is COc1ccc(-c2noc(-c3ccc(Cl)c([N+](=O)[O-])c3)n2)cc1. The van der Waals surface area contributed by atoms with Gasteiger partial charge in [-0.2, -0.15) is 4.98 Å². The van der Waals surface area contributed by atoms with Crippen molar-refractivity contribution in [3.8, 4) is 28.6 Å². The molecule has 3 aromatic rings. The van der Waals surface area contributed by atoms with E-state index in [1.165, 1.54) is 12.1 Å². The molecule has 0 aliphatic heterocycles. The summed E-state index contributed by atoms with van der Waals surface area (Å²) < 4.78 is 10.3. The molecular formula is C15H10ClN3O4. The van der Waals surface area contributed by atoms with Crippen molar-refractivity contribution >= 4 is 17.3 Å². The predicted molar refractivity (Wildman–Crippen MR) is 83.4 cm³/mol. The Hall–Kier alpha value is -2.93. The lowest BCUT2D eigenvalue weighted by Gasteiger charge is -1.99. The van der Waals surface area contributed by atoms with Crippen LogP contribution in [0.1, 0.15) is 0 Å². The van der Waals surface area contributed by atoms with Crippen molar-refractivity contribution in [2.75, 3.05) is 7.11 Å². The third-order valence-corrected chi connectivity index (χ3v) is 3.48. The molecule has 1 aromatic heterocycles. The highest BCUT2D eigenvalue weighted by molar-refractivity contribution is 6.32. The van der Waals surface area contributed by atoms with Gasteiger partial charge in [0.15, 0.2) is 0 Å². The van der Waals surface area contributed by atoms with Crippen molar-refractivity contribution in [2.45, 2.75) is 0 Å². The number of benzene rings is 2. The molecule has 0 saturated heterocycles. The second-order valence-corrected chi connectivity index (χ2v) is 4.98. The Morgan fingerprint density at radius 3 is 2.52 bits per heavy atom. The molecule has 8 heteroatoms. The van der Waals surface area contributed by atoms with E-state index in [0.29, 0.717) is 17.1 Å². The maximum Gasteiger partial charge on any atom is 0.288 e. The lowest BCUT2D eigenvalue weighted by Crippen LogP contribution is -1.90. The van der Waals surface area contributed by atoms with Crippen molar-refractivity contribution in [1.29, 1.82) is 0 Å². The van der Waals surface area contributed by atoms with E-state index in [1.807, 2.05) is 0 Å². The van der Waals surface area contributed by atoms with Crippen molar-refractivity contribution in [3.63, 3.8) is 0 Å². The van der Waals surface area contributed by atoms with Crippen molar-refractivity contribution in [1.82, 2.24) is 10.1 Å². The van der Waals surface area contributed by atoms with Gasteiger partial charge in [-0.1, -0.05) is 16.8 Å². The number of rotatable bonds is 4. The fourth-order valence-electron chi connectivity index (χ4n) is 1.98. The molecule has 0 amide bonds. The van der Waals surface area contributed by atoms with E-state index in [0.717, 1.165) is 5.56 Å². The minimum atomic E-state index is -0.563. The highest BCUT2D eigenvalue weighted by Gasteiger charge is 2.17. The monoisotopic (exact) mass is 331 g/mol. The molecule has 2 aromatic carbocycles. The normalized spacial score (nSPS) is 10.5. The maximum absolute atomic E-state index is 10.9. The topological polar surface area (TPSA) is 91.3 Å².